The lowest BCUT2D eigenvalue weighted by molar-refractivity contribution is -0.161. The van der Waals surface area contributed by atoms with Crippen LogP contribution in [0.15, 0.2) is 0 Å². The fourth-order valence-corrected chi connectivity index (χ4v) is 14.2. The summed E-state index contributed by atoms with van der Waals surface area (Å²) >= 11 is 0. The lowest BCUT2D eigenvalue weighted by Crippen LogP contribution is -2.30. The number of esters is 4. The molecule has 0 aromatic rings. The van der Waals surface area contributed by atoms with Crippen molar-refractivity contribution in [2.45, 2.75) is 451 Å². The van der Waals surface area contributed by atoms with Crippen LogP contribution in [-0.4, -0.2) is 96.7 Å². The lowest BCUT2D eigenvalue weighted by atomic mass is 10.0. The zero-order valence-electron chi connectivity index (χ0n) is 65.3. The molecule has 0 amide bonds. The second-order valence-corrected chi connectivity index (χ2v) is 32.5. The van der Waals surface area contributed by atoms with Crippen molar-refractivity contribution in [3.8, 4) is 0 Å². The Labute approximate surface area is 613 Å². The first kappa shape index (κ1) is 98.1. The van der Waals surface area contributed by atoms with E-state index in [-0.39, 0.29) is 25.7 Å². The van der Waals surface area contributed by atoms with Gasteiger partial charge in [-0.05, 0) is 31.6 Å². The van der Waals surface area contributed by atoms with Crippen LogP contribution in [0, 0.1) is 5.92 Å². The Morgan fingerprint density at radius 1 is 0.270 bits per heavy atom. The average molecular weight is 1470 g/mol. The van der Waals surface area contributed by atoms with E-state index < -0.39 is 97.5 Å². The molecule has 0 spiro atoms. The minimum Gasteiger partial charge on any atom is -0.462 e. The van der Waals surface area contributed by atoms with Gasteiger partial charge >= 0.3 is 39.5 Å². The van der Waals surface area contributed by atoms with E-state index in [4.69, 9.17) is 37.0 Å². The van der Waals surface area contributed by atoms with Gasteiger partial charge in [-0.15, -0.1) is 0 Å². The Kier molecular flexibility index (Phi) is 72.5. The molecule has 100 heavy (non-hydrogen) atoms. The maximum Gasteiger partial charge on any atom is 0.472 e. The molecule has 0 aromatic heterocycles. The van der Waals surface area contributed by atoms with E-state index >= 15 is 0 Å². The van der Waals surface area contributed by atoms with Crippen molar-refractivity contribution in [1.82, 2.24) is 0 Å². The van der Waals surface area contributed by atoms with Crippen LogP contribution in [0.1, 0.15) is 433 Å². The van der Waals surface area contributed by atoms with E-state index in [1.165, 1.54) is 257 Å². The molecule has 0 rings (SSSR count). The van der Waals surface area contributed by atoms with Crippen molar-refractivity contribution in [2.75, 3.05) is 39.6 Å². The highest BCUT2D eigenvalue weighted by Gasteiger charge is 2.30. The number of unbranched alkanes of at least 4 members (excludes halogenated alkanes) is 53. The molecule has 3 N–H and O–H groups in total. The van der Waals surface area contributed by atoms with E-state index in [9.17, 15) is 43.2 Å². The molecule has 0 aliphatic rings. The van der Waals surface area contributed by atoms with Crippen molar-refractivity contribution >= 4 is 39.5 Å². The molecule has 19 heteroatoms. The molecule has 5 atom stereocenters. The Bertz CT molecular complexity index is 1910. The summed E-state index contributed by atoms with van der Waals surface area (Å²) in [4.78, 5) is 73.1. The number of rotatable bonds is 81. The average Bonchev–Trinajstić information content (AvgIpc) is 0.969. The normalized spacial score (nSPS) is 13.8. The predicted octanol–water partition coefficient (Wildman–Crippen LogP) is 24.4. The molecule has 0 saturated carbocycles. The number of carbonyl (C=O) groups is 4. The number of phosphoric acid groups is 2. The quantitative estimate of drug-likeness (QED) is 0.0222. The predicted molar refractivity (Wildman–Crippen MR) is 409 cm³/mol. The van der Waals surface area contributed by atoms with Crippen molar-refractivity contribution in [3.05, 3.63) is 0 Å². The third kappa shape index (κ3) is 74.3. The Morgan fingerprint density at radius 2 is 0.460 bits per heavy atom. The summed E-state index contributed by atoms with van der Waals surface area (Å²) in [6.07, 6.45) is 65.0. The summed E-state index contributed by atoms with van der Waals surface area (Å²) in [6, 6.07) is 0. The standard InChI is InChI=1S/C81H158O17P2/c1-6-9-12-15-18-21-24-26-28-30-35-40-45-50-55-60-65-79(84)92-71-77(98-81(86)67-62-57-52-47-42-37-33-32-34-39-43-48-53-58-63-74(4)5)73-96-100(89,90)94-69-75(82)68-93-99(87,88)95-72-76(70-91-78(83)64-59-54-49-44-38-23-20-17-14-11-8-3)97-80(85)66-61-56-51-46-41-36-31-29-27-25-22-19-16-13-10-7-2/h74-77,82H,6-73H2,1-5H3,(H,87,88)(H,89,90)/t75-,76+,77+/m0/s1. The SMILES string of the molecule is CCCCCCCCCCCCCCCCCCC(=O)OC[C@H](COP(=O)(O)OC[C@@H](O)COP(=O)(O)OC[C@@H](COC(=O)CCCCCCCCCCCCC)OC(=O)CCCCCCCCCCCCCCCCCC)OC(=O)CCCCCCCCCCCCCCCCC(C)C. The van der Waals surface area contributed by atoms with Crippen LogP contribution in [0.2, 0.25) is 0 Å². The second-order valence-electron chi connectivity index (χ2n) is 29.6. The van der Waals surface area contributed by atoms with Crippen molar-refractivity contribution in [2.24, 2.45) is 5.92 Å². The number of ether oxygens (including phenoxy) is 4. The van der Waals surface area contributed by atoms with E-state index in [0.717, 1.165) is 95.8 Å². The van der Waals surface area contributed by atoms with Gasteiger partial charge in [0.1, 0.15) is 19.3 Å². The molecule has 0 aliphatic carbocycles. The largest absolute Gasteiger partial charge is 0.472 e. The molecule has 0 bridgehead atoms. The van der Waals surface area contributed by atoms with Gasteiger partial charge in [0.05, 0.1) is 26.4 Å². The first-order valence-electron chi connectivity index (χ1n) is 42.1. The van der Waals surface area contributed by atoms with Gasteiger partial charge in [0.25, 0.3) is 0 Å². The minimum absolute atomic E-state index is 0.109. The van der Waals surface area contributed by atoms with E-state index in [2.05, 4.69) is 34.6 Å². The first-order valence-corrected chi connectivity index (χ1v) is 45.1. The van der Waals surface area contributed by atoms with Crippen LogP contribution in [0.3, 0.4) is 0 Å². The van der Waals surface area contributed by atoms with Crippen molar-refractivity contribution < 1.29 is 80.2 Å². The Balaban J connectivity index is 5.25. The zero-order valence-corrected chi connectivity index (χ0v) is 67.1. The highest BCUT2D eigenvalue weighted by Crippen LogP contribution is 2.45. The Morgan fingerprint density at radius 3 is 0.680 bits per heavy atom. The lowest BCUT2D eigenvalue weighted by Gasteiger charge is -2.21. The zero-order chi connectivity index (χ0) is 73.4. The van der Waals surface area contributed by atoms with Crippen molar-refractivity contribution in [3.63, 3.8) is 0 Å². The summed E-state index contributed by atoms with van der Waals surface area (Å²) in [5, 5.41) is 10.6. The van der Waals surface area contributed by atoms with Crippen LogP contribution < -0.4 is 0 Å². The summed E-state index contributed by atoms with van der Waals surface area (Å²) in [7, 11) is -9.92. The minimum atomic E-state index is -4.96. The molecule has 0 heterocycles. The molecule has 0 aromatic carbocycles. The molecule has 0 saturated heterocycles. The number of hydrogen-bond acceptors (Lipinski definition) is 15. The van der Waals surface area contributed by atoms with Gasteiger partial charge in [-0.1, -0.05) is 381 Å². The highest BCUT2D eigenvalue weighted by atomic mass is 31.2. The maximum absolute atomic E-state index is 13.1. The number of carbonyl (C=O) groups excluding carboxylic acids is 4. The number of aliphatic hydroxyl groups excluding tert-OH is 1. The molecule has 594 valence electrons. The van der Waals surface area contributed by atoms with Gasteiger partial charge in [0, 0.05) is 25.7 Å². The van der Waals surface area contributed by atoms with Gasteiger partial charge < -0.3 is 33.8 Å². The van der Waals surface area contributed by atoms with Crippen LogP contribution >= 0.6 is 15.6 Å². The summed E-state index contributed by atoms with van der Waals surface area (Å²) in [5.41, 5.74) is 0. The van der Waals surface area contributed by atoms with E-state index in [0.29, 0.717) is 25.7 Å². The molecule has 0 fully saturated rings. The van der Waals surface area contributed by atoms with E-state index in [1.54, 1.807) is 0 Å². The second kappa shape index (κ2) is 73.9. The molecule has 0 radical (unpaired) electrons. The third-order valence-electron chi connectivity index (χ3n) is 19.0. The smallest absolute Gasteiger partial charge is 0.462 e. The van der Waals surface area contributed by atoms with Crippen LogP contribution in [0.4, 0.5) is 0 Å². The maximum atomic E-state index is 13.1. The molecule has 2 unspecified atom stereocenters. The van der Waals surface area contributed by atoms with Gasteiger partial charge in [0.2, 0.25) is 0 Å². The van der Waals surface area contributed by atoms with Gasteiger partial charge in [-0.3, -0.25) is 37.3 Å². The van der Waals surface area contributed by atoms with Crippen molar-refractivity contribution in [1.29, 1.82) is 0 Å². The number of aliphatic hydroxyl groups is 1. The summed E-state index contributed by atoms with van der Waals surface area (Å²) in [5.74, 6) is -1.31. The molecular weight excluding hydrogens is 1310 g/mol. The van der Waals surface area contributed by atoms with E-state index in [1.807, 2.05) is 0 Å². The van der Waals surface area contributed by atoms with Crippen LogP contribution in [0.25, 0.3) is 0 Å². The number of hydrogen-bond donors (Lipinski definition) is 3. The van der Waals surface area contributed by atoms with Gasteiger partial charge in [-0.25, -0.2) is 9.13 Å². The van der Waals surface area contributed by atoms with Crippen LogP contribution in [-0.2, 0) is 65.4 Å². The monoisotopic (exact) mass is 1470 g/mol. The summed E-state index contributed by atoms with van der Waals surface area (Å²) in [6.45, 7) is 7.36. The fourth-order valence-electron chi connectivity index (χ4n) is 12.6. The summed E-state index contributed by atoms with van der Waals surface area (Å²) < 4.78 is 68.8. The molecule has 0 aliphatic heterocycles. The van der Waals surface area contributed by atoms with Gasteiger partial charge in [0.15, 0.2) is 12.2 Å². The number of phosphoric ester groups is 2. The third-order valence-corrected chi connectivity index (χ3v) is 20.9. The van der Waals surface area contributed by atoms with Crippen LogP contribution in [0.5, 0.6) is 0 Å². The first-order chi connectivity index (χ1) is 48.5. The Hall–Kier alpha value is -1.94. The topological polar surface area (TPSA) is 237 Å². The van der Waals surface area contributed by atoms with Gasteiger partial charge in [-0.2, -0.15) is 0 Å². The molecular formula is C81H158O17P2. The fraction of sp³-hybridized carbons (Fsp3) is 0.951. The highest BCUT2D eigenvalue weighted by molar-refractivity contribution is 7.47. The molecule has 17 nitrogen and oxygen atoms in total.